The van der Waals surface area contributed by atoms with Crippen molar-refractivity contribution < 1.29 is 4.39 Å². The summed E-state index contributed by atoms with van der Waals surface area (Å²) >= 11 is 2.00. The number of halogens is 1. The van der Waals surface area contributed by atoms with E-state index < -0.39 is 0 Å². The summed E-state index contributed by atoms with van der Waals surface area (Å²) in [7, 11) is 0. The number of thioether (sulfide) groups is 1. The zero-order chi connectivity index (χ0) is 14.8. The van der Waals surface area contributed by atoms with Crippen molar-refractivity contribution in [2.45, 2.75) is 45.0 Å². The molecule has 0 atom stereocenters. The zero-order valence-electron chi connectivity index (χ0n) is 12.9. The third kappa shape index (κ3) is 3.89. The van der Waals surface area contributed by atoms with E-state index in [1.165, 1.54) is 0 Å². The van der Waals surface area contributed by atoms with E-state index in [1.54, 1.807) is 6.07 Å². The van der Waals surface area contributed by atoms with Crippen LogP contribution in [0.25, 0.3) is 0 Å². The number of anilines is 1. The van der Waals surface area contributed by atoms with Crippen LogP contribution in [0.5, 0.6) is 0 Å². The summed E-state index contributed by atoms with van der Waals surface area (Å²) in [5, 5.41) is 3.33. The maximum atomic E-state index is 14.2. The van der Waals surface area contributed by atoms with Crippen LogP contribution in [0.15, 0.2) is 18.2 Å². The van der Waals surface area contributed by atoms with Crippen molar-refractivity contribution in [3.63, 3.8) is 0 Å². The van der Waals surface area contributed by atoms with Crippen LogP contribution in [-0.4, -0.2) is 29.6 Å². The van der Waals surface area contributed by atoms with Gasteiger partial charge in [-0.1, -0.05) is 19.9 Å². The van der Waals surface area contributed by atoms with Crippen molar-refractivity contribution in [3.8, 4) is 0 Å². The van der Waals surface area contributed by atoms with E-state index in [1.807, 2.05) is 23.9 Å². The Hall–Kier alpha value is -0.740. The molecule has 20 heavy (non-hydrogen) atoms. The predicted octanol–water partition coefficient (Wildman–Crippen LogP) is 3.66. The first-order valence-electron chi connectivity index (χ1n) is 7.29. The summed E-state index contributed by atoms with van der Waals surface area (Å²) < 4.78 is 14.4. The van der Waals surface area contributed by atoms with Gasteiger partial charge in [0, 0.05) is 47.4 Å². The number of hydrogen-bond donors (Lipinski definition) is 1. The lowest BCUT2D eigenvalue weighted by Crippen LogP contribution is -2.43. The molecule has 0 aliphatic carbocycles. The van der Waals surface area contributed by atoms with Gasteiger partial charge in [0.2, 0.25) is 0 Å². The topological polar surface area (TPSA) is 15.3 Å². The fourth-order valence-electron chi connectivity index (χ4n) is 2.55. The first-order valence-corrected chi connectivity index (χ1v) is 8.27. The summed E-state index contributed by atoms with van der Waals surface area (Å²) in [6.07, 6.45) is 0. The van der Waals surface area contributed by atoms with Crippen LogP contribution >= 0.6 is 11.8 Å². The normalized spacial score (nSPS) is 18.6. The lowest BCUT2D eigenvalue weighted by atomic mass is 10.1. The largest absolute Gasteiger partial charge is 0.369 e. The maximum absolute atomic E-state index is 14.2. The van der Waals surface area contributed by atoms with Gasteiger partial charge < -0.3 is 10.2 Å². The van der Waals surface area contributed by atoms with E-state index in [4.69, 9.17) is 0 Å². The quantitative estimate of drug-likeness (QED) is 0.913. The fourth-order valence-corrected chi connectivity index (χ4v) is 3.66. The molecule has 1 heterocycles. The molecule has 0 saturated carbocycles. The number of nitrogens with one attached hydrogen (secondary N) is 1. The van der Waals surface area contributed by atoms with E-state index in [0.29, 0.717) is 12.6 Å². The standard InChI is InChI=1S/C16H25FN2S/c1-12(2)18-10-13-14(17)6-5-7-15(13)19-8-9-20-16(3,4)11-19/h5-7,12,18H,8-11H2,1-4H3. The summed E-state index contributed by atoms with van der Waals surface area (Å²) in [6, 6.07) is 5.78. The SMILES string of the molecule is CC(C)NCc1c(F)cccc1N1CCSC(C)(C)C1. The fraction of sp³-hybridized carbons (Fsp3) is 0.625. The molecule has 1 aliphatic rings. The molecule has 0 unspecified atom stereocenters. The minimum Gasteiger partial charge on any atom is -0.369 e. The molecule has 0 bridgehead atoms. The predicted molar refractivity (Wildman–Crippen MR) is 87.1 cm³/mol. The highest BCUT2D eigenvalue weighted by Gasteiger charge is 2.28. The van der Waals surface area contributed by atoms with Gasteiger partial charge in [0.15, 0.2) is 0 Å². The second-order valence-corrected chi connectivity index (χ2v) is 8.10. The molecule has 1 N–H and O–H groups in total. The monoisotopic (exact) mass is 296 g/mol. The second-order valence-electron chi connectivity index (χ2n) is 6.30. The van der Waals surface area contributed by atoms with Gasteiger partial charge in [-0.05, 0) is 26.0 Å². The molecule has 1 saturated heterocycles. The van der Waals surface area contributed by atoms with E-state index in [2.05, 4.69) is 37.9 Å². The molecule has 2 rings (SSSR count). The second kappa shape index (κ2) is 6.35. The Kier molecular flexibility index (Phi) is 4.97. The smallest absolute Gasteiger partial charge is 0.129 e. The van der Waals surface area contributed by atoms with Crippen LogP contribution < -0.4 is 10.2 Å². The Balaban J connectivity index is 2.24. The molecule has 112 valence electrons. The average Bonchev–Trinajstić information content (AvgIpc) is 2.35. The Morgan fingerprint density at radius 2 is 2.15 bits per heavy atom. The first-order chi connectivity index (χ1) is 9.39. The van der Waals surface area contributed by atoms with Crippen LogP contribution in [0.4, 0.5) is 10.1 Å². The summed E-state index contributed by atoms with van der Waals surface area (Å²) in [5.41, 5.74) is 1.84. The van der Waals surface area contributed by atoms with Gasteiger partial charge >= 0.3 is 0 Å². The van der Waals surface area contributed by atoms with Gasteiger partial charge in [0.05, 0.1) is 0 Å². The molecule has 2 nitrogen and oxygen atoms in total. The van der Waals surface area contributed by atoms with Crippen LogP contribution in [0.1, 0.15) is 33.3 Å². The lowest BCUT2D eigenvalue weighted by Gasteiger charge is -2.39. The summed E-state index contributed by atoms with van der Waals surface area (Å²) in [5.74, 6) is 0.993. The molecule has 1 fully saturated rings. The molecule has 1 aromatic carbocycles. The van der Waals surface area contributed by atoms with Gasteiger partial charge in [-0.3, -0.25) is 0 Å². The van der Waals surface area contributed by atoms with E-state index in [9.17, 15) is 4.39 Å². The number of benzene rings is 1. The highest BCUT2D eigenvalue weighted by Crippen LogP contribution is 2.34. The number of rotatable bonds is 4. The molecule has 1 aliphatic heterocycles. The highest BCUT2D eigenvalue weighted by molar-refractivity contribution is 8.00. The van der Waals surface area contributed by atoms with E-state index in [-0.39, 0.29) is 10.6 Å². The Labute approximate surface area is 126 Å². The van der Waals surface area contributed by atoms with Crippen molar-refractivity contribution in [2.75, 3.05) is 23.7 Å². The third-order valence-corrected chi connectivity index (χ3v) is 4.84. The van der Waals surface area contributed by atoms with Crippen molar-refractivity contribution in [3.05, 3.63) is 29.6 Å². The van der Waals surface area contributed by atoms with E-state index in [0.717, 1.165) is 30.1 Å². The van der Waals surface area contributed by atoms with Crippen molar-refractivity contribution >= 4 is 17.4 Å². The van der Waals surface area contributed by atoms with Crippen molar-refractivity contribution in [2.24, 2.45) is 0 Å². The third-order valence-electron chi connectivity index (χ3n) is 3.55. The Morgan fingerprint density at radius 3 is 2.80 bits per heavy atom. The molecule has 1 aromatic rings. The molecular weight excluding hydrogens is 271 g/mol. The molecule has 4 heteroatoms. The number of hydrogen-bond acceptors (Lipinski definition) is 3. The van der Waals surface area contributed by atoms with Crippen molar-refractivity contribution in [1.29, 1.82) is 0 Å². The molecule has 0 radical (unpaired) electrons. The first kappa shape index (κ1) is 15.6. The highest BCUT2D eigenvalue weighted by atomic mass is 32.2. The Bertz CT molecular complexity index is 460. The van der Waals surface area contributed by atoms with Gasteiger partial charge in [-0.25, -0.2) is 4.39 Å². The summed E-state index contributed by atoms with van der Waals surface area (Å²) in [4.78, 5) is 2.33. The Morgan fingerprint density at radius 1 is 1.40 bits per heavy atom. The molecule has 0 aromatic heterocycles. The van der Waals surface area contributed by atoms with Gasteiger partial charge in [0.1, 0.15) is 5.82 Å². The minimum atomic E-state index is -0.105. The zero-order valence-corrected chi connectivity index (χ0v) is 13.7. The van der Waals surface area contributed by atoms with Crippen LogP contribution in [-0.2, 0) is 6.54 Å². The van der Waals surface area contributed by atoms with Crippen LogP contribution in [0.2, 0.25) is 0 Å². The molecular formula is C16H25FN2S. The number of nitrogens with zero attached hydrogens (tertiary/aromatic N) is 1. The maximum Gasteiger partial charge on any atom is 0.129 e. The van der Waals surface area contributed by atoms with Crippen LogP contribution in [0, 0.1) is 5.82 Å². The van der Waals surface area contributed by atoms with Gasteiger partial charge in [-0.2, -0.15) is 11.8 Å². The molecule has 0 spiro atoms. The van der Waals surface area contributed by atoms with Gasteiger partial charge in [0.25, 0.3) is 0 Å². The van der Waals surface area contributed by atoms with Crippen molar-refractivity contribution in [1.82, 2.24) is 5.32 Å². The minimum absolute atomic E-state index is 0.105. The van der Waals surface area contributed by atoms with Gasteiger partial charge in [-0.15, -0.1) is 0 Å². The molecule has 0 amide bonds. The lowest BCUT2D eigenvalue weighted by molar-refractivity contribution is 0.549. The van der Waals surface area contributed by atoms with E-state index >= 15 is 0 Å². The average molecular weight is 296 g/mol. The summed E-state index contributed by atoms with van der Waals surface area (Å²) in [6.45, 7) is 11.2. The van der Waals surface area contributed by atoms with Crippen LogP contribution in [0.3, 0.4) is 0 Å².